The van der Waals surface area contributed by atoms with Crippen molar-refractivity contribution in [2.24, 2.45) is 0 Å². The molecule has 160 valence electrons. The number of piperazine rings is 1. The number of pyridine rings is 1. The number of anilines is 1. The first kappa shape index (κ1) is 20.4. The maximum Gasteiger partial charge on any atom is 0.408 e. The standard InChI is InChI=1S/C21H26N4O5/c22-10-15-14-6-9-30-12-16(14)18(13-4-2-1-3-5-13)23-19(15)24-7-8-25(21(28)29)17(11-24)20(26)27/h13,17H,1-9,11-12H2,(H,26,27)(H,28,29). The lowest BCUT2D eigenvalue weighted by atomic mass is 9.82. The van der Waals surface area contributed by atoms with Gasteiger partial charge in [0, 0.05) is 24.6 Å². The SMILES string of the molecule is N#Cc1c(N2CCN(C(=O)O)C(C(=O)O)C2)nc(C2CCCCC2)c2c1CCOC2. The average Bonchev–Trinajstić information content (AvgIpc) is 2.78. The Bertz CT molecular complexity index is 890. The average molecular weight is 414 g/mol. The summed E-state index contributed by atoms with van der Waals surface area (Å²) in [6.45, 7) is 1.32. The van der Waals surface area contributed by atoms with E-state index < -0.39 is 18.1 Å². The highest BCUT2D eigenvalue weighted by molar-refractivity contribution is 5.81. The van der Waals surface area contributed by atoms with Gasteiger partial charge in [-0.05, 0) is 24.8 Å². The predicted octanol–water partition coefficient (Wildman–Crippen LogP) is 2.33. The second kappa shape index (κ2) is 8.48. The van der Waals surface area contributed by atoms with E-state index in [9.17, 15) is 25.1 Å². The Morgan fingerprint density at radius 3 is 2.57 bits per heavy atom. The van der Waals surface area contributed by atoms with Crippen molar-refractivity contribution in [3.8, 4) is 6.07 Å². The molecule has 1 unspecified atom stereocenters. The molecule has 2 aliphatic heterocycles. The highest BCUT2D eigenvalue weighted by Crippen LogP contribution is 2.39. The summed E-state index contributed by atoms with van der Waals surface area (Å²) in [5.74, 6) is -0.384. The van der Waals surface area contributed by atoms with E-state index >= 15 is 0 Å². The Labute approximate surface area is 174 Å². The van der Waals surface area contributed by atoms with Gasteiger partial charge < -0.3 is 19.8 Å². The number of carboxylic acid groups (broad SMARTS) is 2. The quantitative estimate of drug-likeness (QED) is 0.771. The summed E-state index contributed by atoms with van der Waals surface area (Å²) in [4.78, 5) is 30.8. The largest absolute Gasteiger partial charge is 0.480 e. The lowest BCUT2D eigenvalue weighted by Gasteiger charge is -2.39. The third-order valence-electron chi connectivity index (χ3n) is 6.48. The van der Waals surface area contributed by atoms with Gasteiger partial charge in [0.15, 0.2) is 0 Å². The van der Waals surface area contributed by atoms with Crippen LogP contribution in [-0.2, 0) is 22.6 Å². The molecule has 3 heterocycles. The summed E-state index contributed by atoms with van der Waals surface area (Å²) in [5.41, 5.74) is 3.43. The number of ether oxygens (including phenoxy) is 1. The summed E-state index contributed by atoms with van der Waals surface area (Å²) >= 11 is 0. The molecule has 2 fully saturated rings. The van der Waals surface area contributed by atoms with Crippen LogP contribution in [0.1, 0.15) is 60.4 Å². The lowest BCUT2D eigenvalue weighted by molar-refractivity contribution is -0.142. The zero-order valence-corrected chi connectivity index (χ0v) is 16.8. The second-order valence-corrected chi connectivity index (χ2v) is 8.18. The van der Waals surface area contributed by atoms with Crippen LogP contribution >= 0.6 is 0 Å². The van der Waals surface area contributed by atoms with Gasteiger partial charge in [-0.3, -0.25) is 4.90 Å². The molecule has 2 N–H and O–H groups in total. The number of nitriles is 1. The molecule has 1 aliphatic carbocycles. The summed E-state index contributed by atoms with van der Waals surface area (Å²) in [6.07, 6.45) is 5.00. The molecule has 4 rings (SSSR count). The Morgan fingerprint density at radius 2 is 1.90 bits per heavy atom. The first-order valence-corrected chi connectivity index (χ1v) is 10.5. The van der Waals surface area contributed by atoms with Crippen LogP contribution in [0.15, 0.2) is 0 Å². The van der Waals surface area contributed by atoms with Crippen molar-refractivity contribution in [2.75, 3.05) is 31.1 Å². The summed E-state index contributed by atoms with van der Waals surface area (Å²) in [5, 5.41) is 28.9. The summed E-state index contributed by atoms with van der Waals surface area (Å²) < 4.78 is 5.69. The maximum absolute atomic E-state index is 11.7. The van der Waals surface area contributed by atoms with Gasteiger partial charge in [0.05, 0.1) is 31.0 Å². The molecular formula is C21H26N4O5. The molecule has 1 saturated heterocycles. The molecular weight excluding hydrogens is 388 g/mol. The number of nitrogens with zero attached hydrogens (tertiary/aromatic N) is 4. The van der Waals surface area contributed by atoms with Gasteiger partial charge in [-0.25, -0.2) is 14.6 Å². The van der Waals surface area contributed by atoms with Crippen LogP contribution in [0.4, 0.5) is 10.6 Å². The molecule has 1 atom stereocenters. The minimum atomic E-state index is -1.25. The van der Waals surface area contributed by atoms with E-state index in [1.54, 1.807) is 4.90 Å². The van der Waals surface area contributed by atoms with Crippen molar-refractivity contribution in [3.05, 3.63) is 22.4 Å². The molecule has 1 aromatic rings. The van der Waals surface area contributed by atoms with E-state index in [2.05, 4.69) is 6.07 Å². The van der Waals surface area contributed by atoms with Crippen LogP contribution in [0.25, 0.3) is 0 Å². The monoisotopic (exact) mass is 414 g/mol. The summed E-state index contributed by atoms with van der Waals surface area (Å²) in [7, 11) is 0. The zero-order valence-electron chi connectivity index (χ0n) is 16.8. The number of carboxylic acids is 1. The highest BCUT2D eigenvalue weighted by Gasteiger charge is 2.38. The molecule has 0 radical (unpaired) electrons. The normalized spacial score (nSPS) is 22.3. The Kier molecular flexibility index (Phi) is 5.77. The van der Waals surface area contributed by atoms with E-state index in [0.29, 0.717) is 43.5 Å². The van der Waals surface area contributed by atoms with Crippen molar-refractivity contribution in [1.29, 1.82) is 5.26 Å². The first-order chi connectivity index (χ1) is 14.5. The first-order valence-electron chi connectivity index (χ1n) is 10.5. The minimum Gasteiger partial charge on any atom is -0.480 e. The number of aliphatic carboxylic acids is 1. The van der Waals surface area contributed by atoms with Crippen LogP contribution in [0.5, 0.6) is 0 Å². The molecule has 9 nitrogen and oxygen atoms in total. The fraction of sp³-hybridized carbons (Fsp3) is 0.619. The van der Waals surface area contributed by atoms with E-state index in [1.165, 1.54) is 6.42 Å². The van der Waals surface area contributed by atoms with E-state index in [1.807, 2.05) is 0 Å². The van der Waals surface area contributed by atoms with Gasteiger partial charge in [-0.2, -0.15) is 5.26 Å². The van der Waals surface area contributed by atoms with Crippen molar-refractivity contribution in [3.63, 3.8) is 0 Å². The van der Waals surface area contributed by atoms with Crippen LogP contribution in [0.3, 0.4) is 0 Å². The molecule has 30 heavy (non-hydrogen) atoms. The smallest absolute Gasteiger partial charge is 0.408 e. The minimum absolute atomic E-state index is 0.0251. The number of fused-ring (bicyclic) bond motifs is 1. The molecule has 3 aliphatic rings. The molecule has 0 bridgehead atoms. The van der Waals surface area contributed by atoms with Crippen molar-refractivity contribution < 1.29 is 24.5 Å². The molecule has 0 spiro atoms. The number of aromatic nitrogens is 1. The Morgan fingerprint density at radius 1 is 1.13 bits per heavy atom. The second-order valence-electron chi connectivity index (χ2n) is 8.18. The number of amides is 1. The van der Waals surface area contributed by atoms with E-state index in [4.69, 9.17) is 9.72 Å². The summed E-state index contributed by atoms with van der Waals surface area (Å²) in [6, 6.07) is 1.10. The predicted molar refractivity (Wildman–Crippen MR) is 107 cm³/mol. The molecule has 9 heteroatoms. The van der Waals surface area contributed by atoms with Gasteiger partial charge in [-0.15, -0.1) is 0 Å². The highest BCUT2D eigenvalue weighted by atomic mass is 16.5. The van der Waals surface area contributed by atoms with Crippen LogP contribution in [0.2, 0.25) is 0 Å². The van der Waals surface area contributed by atoms with Crippen LogP contribution < -0.4 is 4.90 Å². The Balaban J connectivity index is 1.76. The molecule has 1 amide bonds. The molecule has 0 aromatic carbocycles. The fourth-order valence-electron chi connectivity index (χ4n) is 4.94. The van der Waals surface area contributed by atoms with Crippen molar-refractivity contribution in [1.82, 2.24) is 9.88 Å². The maximum atomic E-state index is 11.7. The topological polar surface area (TPSA) is 127 Å². The van der Waals surface area contributed by atoms with E-state index in [0.717, 1.165) is 47.4 Å². The van der Waals surface area contributed by atoms with Gasteiger partial charge >= 0.3 is 12.1 Å². The van der Waals surface area contributed by atoms with Gasteiger partial charge in [-0.1, -0.05) is 19.3 Å². The number of rotatable bonds is 3. The molecule has 1 aromatic heterocycles. The number of carbonyl (C=O) groups is 2. The zero-order chi connectivity index (χ0) is 21.3. The number of hydrogen-bond acceptors (Lipinski definition) is 6. The third kappa shape index (κ3) is 3.67. The van der Waals surface area contributed by atoms with Crippen molar-refractivity contribution in [2.45, 2.75) is 57.1 Å². The van der Waals surface area contributed by atoms with Crippen molar-refractivity contribution >= 4 is 17.9 Å². The fourth-order valence-corrected chi connectivity index (χ4v) is 4.94. The molecule has 1 saturated carbocycles. The lowest BCUT2D eigenvalue weighted by Crippen LogP contribution is -2.58. The van der Waals surface area contributed by atoms with E-state index in [-0.39, 0.29) is 13.1 Å². The van der Waals surface area contributed by atoms with Gasteiger partial charge in [0.2, 0.25) is 0 Å². The van der Waals surface area contributed by atoms with Gasteiger partial charge in [0.25, 0.3) is 0 Å². The number of hydrogen-bond donors (Lipinski definition) is 2. The van der Waals surface area contributed by atoms with Gasteiger partial charge in [0.1, 0.15) is 17.9 Å². The third-order valence-corrected chi connectivity index (χ3v) is 6.48. The Hall–Kier alpha value is -2.86. The van der Waals surface area contributed by atoms with Crippen LogP contribution in [-0.4, -0.2) is 64.4 Å². The van der Waals surface area contributed by atoms with Crippen LogP contribution in [0, 0.1) is 11.3 Å².